The fourth-order valence-corrected chi connectivity index (χ4v) is 3.70. The molecule has 0 aliphatic carbocycles. The summed E-state index contributed by atoms with van der Waals surface area (Å²) in [5.41, 5.74) is 1.45. The van der Waals surface area contributed by atoms with Crippen molar-refractivity contribution in [3.8, 4) is 17.4 Å². The van der Waals surface area contributed by atoms with Crippen LogP contribution in [0.5, 0.6) is 17.4 Å². The van der Waals surface area contributed by atoms with E-state index in [1.807, 2.05) is 12.1 Å². The van der Waals surface area contributed by atoms with Crippen LogP contribution >= 0.6 is 0 Å². The highest BCUT2D eigenvalue weighted by atomic mass is 16.8. The van der Waals surface area contributed by atoms with Crippen molar-refractivity contribution in [1.82, 2.24) is 15.0 Å². The van der Waals surface area contributed by atoms with Crippen LogP contribution < -0.4 is 19.5 Å². The SMILES string of the molecule is COc1nc(CCC(C)O)ccc1Nc1nccc(OC2CCN(OC(=O)OC(C)C)CC2)c1OC. The summed E-state index contributed by atoms with van der Waals surface area (Å²) < 4.78 is 22.3. The number of carbonyl (C=O) groups is 1. The fourth-order valence-electron chi connectivity index (χ4n) is 3.70. The van der Waals surface area contributed by atoms with E-state index in [9.17, 15) is 9.90 Å². The Balaban J connectivity index is 1.64. The number of aromatic nitrogens is 2. The highest BCUT2D eigenvalue weighted by Gasteiger charge is 2.26. The first kappa shape index (κ1) is 27.3. The summed E-state index contributed by atoms with van der Waals surface area (Å²) in [5.74, 6) is 1.88. The average Bonchev–Trinajstić information content (AvgIpc) is 2.84. The second-order valence-corrected chi connectivity index (χ2v) is 8.82. The summed E-state index contributed by atoms with van der Waals surface area (Å²) in [4.78, 5) is 25.9. The number of carbonyl (C=O) groups excluding carboxylic acids is 1. The number of aryl methyl sites for hydroxylation is 1. The van der Waals surface area contributed by atoms with Crippen LogP contribution in [0, 0.1) is 0 Å². The fraction of sp³-hybridized carbons (Fsp3) is 0.560. The van der Waals surface area contributed by atoms with Crippen molar-refractivity contribution in [2.24, 2.45) is 0 Å². The molecule has 1 saturated heterocycles. The third-order valence-electron chi connectivity index (χ3n) is 5.49. The summed E-state index contributed by atoms with van der Waals surface area (Å²) in [6, 6.07) is 5.49. The number of hydrogen-bond acceptors (Lipinski definition) is 11. The van der Waals surface area contributed by atoms with Crippen LogP contribution in [0.3, 0.4) is 0 Å². The maximum Gasteiger partial charge on any atom is 0.528 e. The van der Waals surface area contributed by atoms with Gasteiger partial charge in [0, 0.05) is 43.9 Å². The zero-order valence-corrected chi connectivity index (χ0v) is 21.5. The predicted octanol–water partition coefficient (Wildman–Crippen LogP) is 3.87. The lowest BCUT2D eigenvalue weighted by molar-refractivity contribution is -0.151. The van der Waals surface area contributed by atoms with Crippen molar-refractivity contribution in [3.05, 3.63) is 30.1 Å². The number of rotatable bonds is 11. The summed E-state index contributed by atoms with van der Waals surface area (Å²) >= 11 is 0. The van der Waals surface area contributed by atoms with Gasteiger partial charge in [0.25, 0.3) is 0 Å². The molecular formula is C25H36N4O7. The topological polar surface area (TPSA) is 125 Å². The van der Waals surface area contributed by atoms with Crippen LogP contribution in [0.1, 0.15) is 45.7 Å². The lowest BCUT2D eigenvalue weighted by Crippen LogP contribution is -2.39. The van der Waals surface area contributed by atoms with E-state index in [2.05, 4.69) is 15.3 Å². The van der Waals surface area contributed by atoms with Crippen molar-refractivity contribution in [2.45, 2.75) is 64.8 Å². The highest BCUT2D eigenvalue weighted by molar-refractivity contribution is 5.69. The summed E-state index contributed by atoms with van der Waals surface area (Å²) in [5, 5.41) is 14.3. The van der Waals surface area contributed by atoms with Gasteiger partial charge in [0.15, 0.2) is 11.6 Å². The minimum absolute atomic E-state index is 0.0838. The van der Waals surface area contributed by atoms with E-state index in [1.54, 1.807) is 52.3 Å². The Bertz CT molecular complexity index is 994. The molecule has 1 unspecified atom stereocenters. The van der Waals surface area contributed by atoms with Crippen molar-refractivity contribution in [1.29, 1.82) is 0 Å². The standard InChI is InChI=1S/C25H36N4O7/c1-16(2)34-25(31)36-29-14-11-19(12-15-29)35-21-10-13-26-23(22(21)32-4)28-20-9-8-18(7-6-17(3)30)27-24(20)33-5/h8-10,13,16-17,19,30H,6-7,11-12,14-15H2,1-5H3,(H,26,28). The largest absolute Gasteiger partial charge is 0.528 e. The number of nitrogens with zero attached hydrogens (tertiary/aromatic N) is 3. The first-order valence-electron chi connectivity index (χ1n) is 12.1. The molecule has 3 heterocycles. The quantitative estimate of drug-likeness (QED) is 0.433. The summed E-state index contributed by atoms with van der Waals surface area (Å²) in [7, 11) is 3.11. The number of aliphatic hydroxyl groups is 1. The number of anilines is 2. The number of methoxy groups -OCH3 is 2. The van der Waals surface area contributed by atoms with E-state index < -0.39 is 12.3 Å². The van der Waals surface area contributed by atoms with E-state index in [-0.39, 0.29) is 12.2 Å². The van der Waals surface area contributed by atoms with Gasteiger partial charge in [-0.25, -0.2) is 14.8 Å². The molecule has 1 aliphatic heterocycles. The molecule has 11 nitrogen and oxygen atoms in total. The molecule has 1 fully saturated rings. The van der Waals surface area contributed by atoms with Crippen molar-refractivity contribution in [3.63, 3.8) is 0 Å². The van der Waals surface area contributed by atoms with Crippen LogP contribution in [0.2, 0.25) is 0 Å². The molecule has 1 atom stereocenters. The predicted molar refractivity (Wildman–Crippen MR) is 133 cm³/mol. The molecule has 0 amide bonds. The first-order chi connectivity index (χ1) is 17.3. The molecule has 11 heteroatoms. The van der Waals surface area contributed by atoms with E-state index in [0.29, 0.717) is 67.7 Å². The van der Waals surface area contributed by atoms with Gasteiger partial charge in [-0.2, -0.15) is 0 Å². The van der Waals surface area contributed by atoms with Gasteiger partial charge in [-0.3, -0.25) is 0 Å². The van der Waals surface area contributed by atoms with E-state index in [4.69, 9.17) is 23.8 Å². The number of piperidine rings is 1. The van der Waals surface area contributed by atoms with Crippen molar-refractivity contribution >= 4 is 17.7 Å². The third-order valence-corrected chi connectivity index (χ3v) is 5.49. The lowest BCUT2D eigenvalue weighted by atomic mass is 10.1. The van der Waals surface area contributed by atoms with Gasteiger partial charge >= 0.3 is 6.16 Å². The van der Waals surface area contributed by atoms with Gasteiger partial charge in [0.2, 0.25) is 11.6 Å². The Morgan fingerprint density at radius 3 is 2.56 bits per heavy atom. The average molecular weight is 505 g/mol. The second kappa shape index (κ2) is 13.1. The third kappa shape index (κ3) is 7.85. The van der Waals surface area contributed by atoms with E-state index in [1.165, 1.54) is 0 Å². The Morgan fingerprint density at radius 1 is 1.17 bits per heavy atom. The Hall–Kier alpha value is -3.31. The minimum atomic E-state index is -0.697. The zero-order chi connectivity index (χ0) is 26.1. The molecule has 198 valence electrons. The maximum atomic E-state index is 11.7. The number of nitrogens with one attached hydrogen (secondary N) is 1. The molecule has 2 aromatic rings. The van der Waals surface area contributed by atoms with Crippen molar-refractivity contribution < 1.29 is 33.7 Å². The molecule has 0 radical (unpaired) electrons. The monoisotopic (exact) mass is 504 g/mol. The molecule has 0 spiro atoms. The van der Waals surface area contributed by atoms with Gasteiger partial charge < -0.3 is 34.2 Å². The summed E-state index contributed by atoms with van der Waals surface area (Å²) in [6.45, 7) is 6.35. The minimum Gasteiger partial charge on any atom is -0.490 e. The van der Waals surface area contributed by atoms with Gasteiger partial charge in [-0.05, 0) is 45.7 Å². The molecular weight excluding hydrogens is 468 g/mol. The Morgan fingerprint density at radius 2 is 1.92 bits per heavy atom. The molecule has 2 aromatic heterocycles. The molecule has 36 heavy (non-hydrogen) atoms. The maximum absolute atomic E-state index is 11.7. The zero-order valence-electron chi connectivity index (χ0n) is 21.5. The van der Waals surface area contributed by atoms with Crippen LogP contribution in [-0.2, 0) is 16.0 Å². The number of hydrogen-bond donors (Lipinski definition) is 2. The molecule has 1 aliphatic rings. The van der Waals surface area contributed by atoms with Gasteiger partial charge in [-0.1, -0.05) is 0 Å². The van der Waals surface area contributed by atoms with Gasteiger partial charge in [0.05, 0.1) is 26.4 Å². The van der Waals surface area contributed by atoms with E-state index >= 15 is 0 Å². The molecule has 3 rings (SSSR count). The highest BCUT2D eigenvalue weighted by Crippen LogP contribution is 2.38. The Kier molecular flexibility index (Phi) is 9.95. The molecule has 0 bridgehead atoms. The first-order valence-corrected chi connectivity index (χ1v) is 12.1. The normalized spacial score (nSPS) is 15.3. The number of aliphatic hydroxyl groups excluding tert-OH is 1. The van der Waals surface area contributed by atoms with E-state index in [0.717, 1.165) is 5.69 Å². The number of ether oxygens (including phenoxy) is 4. The second-order valence-electron chi connectivity index (χ2n) is 8.82. The lowest BCUT2D eigenvalue weighted by Gasteiger charge is -2.30. The number of pyridine rings is 2. The van der Waals surface area contributed by atoms with Crippen LogP contribution in [-0.4, -0.2) is 71.9 Å². The molecule has 0 aromatic carbocycles. The van der Waals surface area contributed by atoms with Crippen LogP contribution in [0.15, 0.2) is 24.4 Å². The van der Waals surface area contributed by atoms with Crippen molar-refractivity contribution in [2.75, 3.05) is 32.6 Å². The Labute approximate surface area is 211 Å². The smallest absolute Gasteiger partial charge is 0.490 e. The van der Waals surface area contributed by atoms with Crippen LogP contribution in [0.25, 0.3) is 0 Å². The molecule has 0 saturated carbocycles. The van der Waals surface area contributed by atoms with Crippen LogP contribution in [0.4, 0.5) is 16.3 Å². The van der Waals surface area contributed by atoms with Gasteiger partial charge in [0.1, 0.15) is 11.8 Å². The summed E-state index contributed by atoms with van der Waals surface area (Å²) in [6.07, 6.45) is 2.81. The molecule has 2 N–H and O–H groups in total. The van der Waals surface area contributed by atoms with Gasteiger partial charge in [-0.15, -0.1) is 5.06 Å². The number of hydroxylamine groups is 2.